The third-order valence-electron chi connectivity index (χ3n) is 3.23. The molecule has 4 heteroatoms. The van der Waals surface area contributed by atoms with Crippen LogP contribution in [0.1, 0.15) is 25.8 Å². The van der Waals surface area contributed by atoms with Gasteiger partial charge in [-0.2, -0.15) is 0 Å². The third kappa shape index (κ3) is 3.96. The van der Waals surface area contributed by atoms with Crippen molar-refractivity contribution in [1.82, 2.24) is 4.90 Å². The molecular weight excluding hydrogens is 238 g/mol. The van der Waals surface area contributed by atoms with Crippen molar-refractivity contribution in [2.75, 3.05) is 25.5 Å². The first-order chi connectivity index (χ1) is 9.01. The molecule has 1 amide bonds. The summed E-state index contributed by atoms with van der Waals surface area (Å²) in [4.78, 5) is 15.9. The number of carbonyl (C=O) groups excluding carboxylic acids is 1. The summed E-state index contributed by atoms with van der Waals surface area (Å²) < 4.78 is 0. The first-order valence-corrected chi connectivity index (χ1v) is 6.78. The summed E-state index contributed by atoms with van der Waals surface area (Å²) in [6.45, 7) is 5.48. The lowest BCUT2D eigenvalue weighted by molar-refractivity contribution is -0.129. The Hall–Kier alpha value is -1.55. The summed E-state index contributed by atoms with van der Waals surface area (Å²) in [6.07, 6.45) is 1.00. The van der Waals surface area contributed by atoms with Crippen LogP contribution in [0.5, 0.6) is 0 Å². The standard InChI is InChI=1S/C15H25N3O/c1-5-10-18(12(2)15(19)17(3)4)14-8-6-13(11-16)7-9-14/h6-9,12H,5,10-11,16H2,1-4H3. The molecular formula is C15H25N3O. The summed E-state index contributed by atoms with van der Waals surface area (Å²) in [5.41, 5.74) is 7.78. The molecule has 1 rings (SSSR count). The molecule has 2 N–H and O–H groups in total. The van der Waals surface area contributed by atoms with Gasteiger partial charge in [0, 0.05) is 32.9 Å². The molecule has 0 aliphatic heterocycles. The molecule has 0 radical (unpaired) electrons. The van der Waals surface area contributed by atoms with Crippen molar-refractivity contribution >= 4 is 11.6 Å². The monoisotopic (exact) mass is 263 g/mol. The fraction of sp³-hybridized carbons (Fsp3) is 0.533. The fourth-order valence-corrected chi connectivity index (χ4v) is 2.12. The van der Waals surface area contributed by atoms with Crippen LogP contribution in [0.2, 0.25) is 0 Å². The number of nitrogens with two attached hydrogens (primary N) is 1. The summed E-state index contributed by atoms with van der Waals surface area (Å²) in [5, 5.41) is 0. The van der Waals surface area contributed by atoms with E-state index in [1.807, 2.05) is 31.2 Å². The van der Waals surface area contributed by atoms with Crippen LogP contribution in [0, 0.1) is 0 Å². The van der Waals surface area contributed by atoms with Crippen molar-refractivity contribution < 1.29 is 4.79 Å². The van der Waals surface area contributed by atoms with Crippen LogP contribution in [0.15, 0.2) is 24.3 Å². The number of rotatable bonds is 6. The molecule has 0 heterocycles. The molecule has 0 saturated carbocycles. The van der Waals surface area contributed by atoms with Gasteiger partial charge in [-0.05, 0) is 31.0 Å². The van der Waals surface area contributed by atoms with E-state index in [2.05, 4.69) is 11.8 Å². The van der Waals surface area contributed by atoms with Gasteiger partial charge < -0.3 is 15.5 Å². The average molecular weight is 263 g/mol. The first-order valence-electron chi connectivity index (χ1n) is 6.78. The van der Waals surface area contributed by atoms with E-state index in [1.54, 1.807) is 19.0 Å². The Bertz CT molecular complexity index is 400. The molecule has 4 nitrogen and oxygen atoms in total. The van der Waals surface area contributed by atoms with Crippen molar-refractivity contribution in [3.05, 3.63) is 29.8 Å². The maximum atomic E-state index is 12.1. The van der Waals surface area contributed by atoms with Gasteiger partial charge in [0.1, 0.15) is 6.04 Å². The average Bonchev–Trinajstić information content (AvgIpc) is 2.43. The van der Waals surface area contributed by atoms with Crippen molar-refractivity contribution in [2.24, 2.45) is 5.73 Å². The number of amides is 1. The van der Waals surface area contributed by atoms with Crippen LogP contribution in [0.4, 0.5) is 5.69 Å². The van der Waals surface area contributed by atoms with Gasteiger partial charge in [-0.25, -0.2) is 0 Å². The highest BCUT2D eigenvalue weighted by atomic mass is 16.2. The zero-order valence-electron chi connectivity index (χ0n) is 12.4. The quantitative estimate of drug-likeness (QED) is 0.852. The zero-order chi connectivity index (χ0) is 14.4. The minimum atomic E-state index is -0.154. The first kappa shape index (κ1) is 15.5. The van der Waals surface area contributed by atoms with E-state index < -0.39 is 0 Å². The van der Waals surface area contributed by atoms with E-state index in [4.69, 9.17) is 5.73 Å². The zero-order valence-corrected chi connectivity index (χ0v) is 12.4. The number of carbonyl (C=O) groups is 1. The summed E-state index contributed by atoms with van der Waals surface area (Å²) >= 11 is 0. The Morgan fingerprint density at radius 2 is 1.84 bits per heavy atom. The minimum absolute atomic E-state index is 0.122. The maximum absolute atomic E-state index is 12.1. The van der Waals surface area contributed by atoms with Crippen molar-refractivity contribution in [1.29, 1.82) is 0 Å². The number of hydrogen-bond donors (Lipinski definition) is 1. The Labute approximate surface area is 116 Å². The van der Waals surface area contributed by atoms with Gasteiger partial charge in [-0.3, -0.25) is 4.79 Å². The Morgan fingerprint density at radius 3 is 2.26 bits per heavy atom. The largest absolute Gasteiger partial charge is 0.360 e. The van der Waals surface area contributed by atoms with Crippen LogP contribution < -0.4 is 10.6 Å². The number of likely N-dealkylation sites (N-methyl/N-ethyl adjacent to an activating group) is 1. The summed E-state index contributed by atoms with van der Waals surface area (Å²) in [5.74, 6) is 0.122. The maximum Gasteiger partial charge on any atom is 0.244 e. The molecule has 1 aromatic rings. The van der Waals surface area contributed by atoms with Crippen LogP contribution in [-0.2, 0) is 11.3 Å². The van der Waals surface area contributed by atoms with Crippen molar-refractivity contribution in [2.45, 2.75) is 32.9 Å². The fourth-order valence-electron chi connectivity index (χ4n) is 2.12. The van der Waals surface area contributed by atoms with Gasteiger partial charge >= 0.3 is 0 Å². The van der Waals surface area contributed by atoms with E-state index in [9.17, 15) is 4.79 Å². The molecule has 1 atom stereocenters. The minimum Gasteiger partial charge on any atom is -0.360 e. The third-order valence-corrected chi connectivity index (χ3v) is 3.23. The Morgan fingerprint density at radius 1 is 1.26 bits per heavy atom. The molecule has 0 fully saturated rings. The lowest BCUT2D eigenvalue weighted by Gasteiger charge is -2.32. The highest BCUT2D eigenvalue weighted by molar-refractivity contribution is 5.84. The molecule has 0 spiro atoms. The number of anilines is 1. The SMILES string of the molecule is CCCN(c1ccc(CN)cc1)C(C)C(=O)N(C)C. The predicted octanol–water partition coefficient (Wildman–Crippen LogP) is 1.84. The van der Waals surface area contributed by atoms with E-state index in [-0.39, 0.29) is 11.9 Å². The molecule has 1 aromatic carbocycles. The van der Waals surface area contributed by atoms with E-state index >= 15 is 0 Å². The molecule has 0 aromatic heterocycles. The van der Waals surface area contributed by atoms with Crippen molar-refractivity contribution in [3.63, 3.8) is 0 Å². The van der Waals surface area contributed by atoms with Crippen molar-refractivity contribution in [3.8, 4) is 0 Å². The van der Waals surface area contributed by atoms with Crippen LogP contribution in [0.25, 0.3) is 0 Å². The van der Waals surface area contributed by atoms with Gasteiger partial charge in [-0.15, -0.1) is 0 Å². The molecule has 0 aliphatic carbocycles. The van der Waals surface area contributed by atoms with E-state index in [1.165, 1.54) is 0 Å². The molecule has 0 saturated heterocycles. The van der Waals surface area contributed by atoms with Crippen LogP contribution in [0.3, 0.4) is 0 Å². The van der Waals surface area contributed by atoms with E-state index in [0.29, 0.717) is 6.54 Å². The number of benzene rings is 1. The number of hydrogen-bond acceptors (Lipinski definition) is 3. The predicted molar refractivity (Wildman–Crippen MR) is 80.1 cm³/mol. The smallest absolute Gasteiger partial charge is 0.244 e. The van der Waals surface area contributed by atoms with Gasteiger partial charge in [0.25, 0.3) is 0 Å². The second-order valence-electron chi connectivity index (χ2n) is 4.97. The Kier molecular flexibility index (Phi) is 5.83. The van der Waals surface area contributed by atoms with Gasteiger partial charge in [0.15, 0.2) is 0 Å². The second-order valence-corrected chi connectivity index (χ2v) is 4.97. The molecule has 1 unspecified atom stereocenters. The summed E-state index contributed by atoms with van der Waals surface area (Å²) in [6, 6.07) is 7.96. The van der Waals surface area contributed by atoms with Crippen LogP contribution in [-0.4, -0.2) is 37.5 Å². The molecule has 0 bridgehead atoms. The second kappa shape index (κ2) is 7.14. The summed E-state index contributed by atoms with van der Waals surface area (Å²) in [7, 11) is 3.58. The van der Waals surface area contributed by atoms with Gasteiger partial charge in [0.05, 0.1) is 0 Å². The topological polar surface area (TPSA) is 49.6 Å². The molecule has 19 heavy (non-hydrogen) atoms. The Balaban J connectivity index is 2.95. The van der Waals surface area contributed by atoms with Gasteiger partial charge in [0.2, 0.25) is 5.91 Å². The highest BCUT2D eigenvalue weighted by Crippen LogP contribution is 2.19. The van der Waals surface area contributed by atoms with Gasteiger partial charge in [-0.1, -0.05) is 19.1 Å². The van der Waals surface area contributed by atoms with E-state index in [0.717, 1.165) is 24.2 Å². The highest BCUT2D eigenvalue weighted by Gasteiger charge is 2.22. The lowest BCUT2D eigenvalue weighted by atomic mass is 10.1. The lowest BCUT2D eigenvalue weighted by Crippen LogP contribution is -2.45. The molecule has 0 aliphatic rings. The number of nitrogens with zero attached hydrogens (tertiary/aromatic N) is 2. The van der Waals surface area contributed by atoms with Crippen LogP contribution >= 0.6 is 0 Å². The molecule has 106 valence electrons. The normalized spacial score (nSPS) is 12.1.